The second kappa shape index (κ2) is 18.4. The number of hydrogen-bond donors (Lipinski definition) is 2. The van der Waals surface area contributed by atoms with Crippen LogP contribution in [0.1, 0.15) is 22.3 Å². The maximum absolute atomic E-state index is 13.6. The van der Waals surface area contributed by atoms with Crippen molar-refractivity contribution in [1.82, 2.24) is 10.6 Å². The maximum Gasteiger partial charge on any atom is 0.408 e. The van der Waals surface area contributed by atoms with Crippen molar-refractivity contribution >= 4 is 52.7 Å². The van der Waals surface area contributed by atoms with Gasteiger partial charge in [0.25, 0.3) is 0 Å². The molecule has 2 N–H and O–H groups in total. The van der Waals surface area contributed by atoms with E-state index in [1.807, 2.05) is 12.1 Å². The number of ketones is 3. The molecule has 4 atom stereocenters. The van der Waals surface area contributed by atoms with Gasteiger partial charge in [0.1, 0.15) is 13.2 Å². The summed E-state index contributed by atoms with van der Waals surface area (Å²) in [4.78, 5) is 66.1. The second-order valence-electron chi connectivity index (χ2n) is 10.8. The molecule has 11 heteroatoms. The van der Waals surface area contributed by atoms with Gasteiger partial charge in [0, 0.05) is 0 Å². The van der Waals surface area contributed by atoms with E-state index in [4.69, 9.17) is 32.7 Å². The molecule has 0 aliphatic heterocycles. The van der Waals surface area contributed by atoms with Crippen molar-refractivity contribution in [3.63, 3.8) is 0 Å². The summed E-state index contributed by atoms with van der Waals surface area (Å²) in [5, 5.41) is 1.20. The molecular formula is C37H34Cl2N2O7. The summed E-state index contributed by atoms with van der Waals surface area (Å²) in [7, 11) is 0. The van der Waals surface area contributed by atoms with Crippen LogP contribution in [0.4, 0.5) is 9.59 Å². The predicted molar refractivity (Wildman–Crippen MR) is 182 cm³/mol. The third kappa shape index (κ3) is 11.1. The van der Waals surface area contributed by atoms with Crippen LogP contribution in [0, 0.1) is 0 Å². The van der Waals surface area contributed by atoms with Gasteiger partial charge in [-0.15, -0.1) is 23.2 Å². The molecule has 0 heterocycles. The van der Waals surface area contributed by atoms with Crippen LogP contribution in [0.15, 0.2) is 121 Å². The van der Waals surface area contributed by atoms with Crippen molar-refractivity contribution < 1.29 is 33.4 Å². The molecule has 248 valence electrons. The topological polar surface area (TPSA) is 128 Å². The first kappa shape index (κ1) is 35.9. The first-order chi connectivity index (χ1) is 23.2. The third-order valence-electron chi connectivity index (χ3n) is 7.26. The monoisotopic (exact) mass is 688 g/mol. The third-order valence-corrected chi connectivity index (χ3v) is 8.12. The fraction of sp³-hybridized carbons (Fsp3) is 0.216. The molecule has 9 nitrogen and oxygen atoms in total. The van der Waals surface area contributed by atoms with E-state index >= 15 is 0 Å². The van der Waals surface area contributed by atoms with Crippen LogP contribution in [-0.4, -0.2) is 52.4 Å². The van der Waals surface area contributed by atoms with Crippen LogP contribution in [0.5, 0.6) is 0 Å². The van der Waals surface area contributed by atoms with Crippen LogP contribution in [-0.2, 0) is 49.9 Å². The Bertz CT molecular complexity index is 1540. The lowest BCUT2D eigenvalue weighted by Gasteiger charge is -2.23. The molecule has 0 bridgehead atoms. The summed E-state index contributed by atoms with van der Waals surface area (Å²) in [6.07, 6.45) is -1.82. The molecule has 0 aromatic heterocycles. The molecule has 0 saturated heterocycles. The van der Waals surface area contributed by atoms with Gasteiger partial charge < -0.3 is 20.1 Å². The molecule has 4 aromatic carbocycles. The Kier molecular flexibility index (Phi) is 13.7. The van der Waals surface area contributed by atoms with Crippen molar-refractivity contribution in [2.24, 2.45) is 0 Å². The van der Waals surface area contributed by atoms with Crippen LogP contribution in [0.2, 0.25) is 0 Å². The predicted octanol–water partition coefficient (Wildman–Crippen LogP) is 5.98. The minimum atomic E-state index is -1.90. The number of ether oxygens (including phenoxy) is 2. The average molecular weight is 690 g/mol. The van der Waals surface area contributed by atoms with Gasteiger partial charge in [-0.25, -0.2) is 9.59 Å². The van der Waals surface area contributed by atoms with Crippen LogP contribution >= 0.6 is 23.2 Å². The Morgan fingerprint density at radius 1 is 0.458 bits per heavy atom. The number of halogens is 2. The number of Topliss-reactive ketones (excluding diaryl/α,β-unsaturated/α-hetero) is 3. The summed E-state index contributed by atoms with van der Waals surface area (Å²) in [5.41, 5.74) is 2.82. The minimum Gasteiger partial charge on any atom is -0.445 e. The van der Waals surface area contributed by atoms with E-state index in [-0.39, 0.29) is 26.1 Å². The highest BCUT2D eigenvalue weighted by atomic mass is 35.5. The summed E-state index contributed by atoms with van der Waals surface area (Å²) in [5.74, 6) is -2.85. The van der Waals surface area contributed by atoms with Crippen LogP contribution < -0.4 is 10.6 Å². The van der Waals surface area contributed by atoms with Crippen LogP contribution in [0.25, 0.3) is 0 Å². The van der Waals surface area contributed by atoms with Crippen LogP contribution in [0.3, 0.4) is 0 Å². The standard InChI is InChI=1S/C37H34Cl2N2O7/c38-31(33(42)29(21-25-13-5-1-6-14-25)40-36(45)47-23-27-17-9-3-10-18-27)35(44)32(39)34(43)30(22-26-15-7-2-8-16-26)41-37(46)48-24-28-19-11-4-12-20-28/h1-20,29-32H,21-24H2,(H,40,45)(H,41,46)/t29-,30-,31?,32?/m0/s1. The Hall–Kier alpha value is -4.99. The Morgan fingerprint density at radius 2 is 0.750 bits per heavy atom. The number of alkyl halides is 2. The highest BCUT2D eigenvalue weighted by Gasteiger charge is 2.40. The summed E-state index contributed by atoms with van der Waals surface area (Å²) >= 11 is 12.8. The number of hydrogen-bond acceptors (Lipinski definition) is 7. The van der Waals surface area contributed by atoms with Crippen molar-refractivity contribution in [3.8, 4) is 0 Å². The van der Waals surface area contributed by atoms with Gasteiger partial charge in [0.2, 0.25) is 0 Å². The summed E-state index contributed by atoms with van der Waals surface area (Å²) in [6.45, 7) is -0.103. The van der Waals surface area contributed by atoms with E-state index in [0.717, 1.165) is 11.1 Å². The van der Waals surface area contributed by atoms with E-state index in [0.29, 0.717) is 11.1 Å². The molecule has 0 aliphatic rings. The molecule has 0 saturated carbocycles. The van der Waals surface area contributed by atoms with Gasteiger partial charge in [-0.2, -0.15) is 0 Å². The van der Waals surface area contributed by atoms with Crippen molar-refractivity contribution in [2.45, 2.75) is 48.9 Å². The highest BCUT2D eigenvalue weighted by Crippen LogP contribution is 2.17. The van der Waals surface area contributed by atoms with E-state index in [2.05, 4.69) is 10.6 Å². The molecule has 4 rings (SSSR count). The Morgan fingerprint density at radius 3 is 1.06 bits per heavy atom. The van der Waals surface area contributed by atoms with Gasteiger partial charge in [0.15, 0.2) is 28.1 Å². The van der Waals surface area contributed by atoms with Gasteiger partial charge in [-0.1, -0.05) is 121 Å². The SMILES string of the molecule is O=C(N[C@@H](Cc1ccccc1)C(=O)C(Cl)C(=O)C(Cl)C(=O)[C@H](Cc1ccccc1)NC(=O)OCc1ccccc1)OCc1ccccc1. The normalized spacial score (nSPS) is 13.2. The lowest BCUT2D eigenvalue weighted by molar-refractivity contribution is -0.130. The highest BCUT2D eigenvalue weighted by molar-refractivity contribution is 6.52. The van der Waals surface area contributed by atoms with Gasteiger partial charge in [-0.05, 0) is 35.1 Å². The first-order valence-electron chi connectivity index (χ1n) is 15.1. The number of carbonyl (C=O) groups is 5. The molecule has 0 fully saturated rings. The van der Waals surface area contributed by atoms with Crippen molar-refractivity contribution in [2.75, 3.05) is 0 Å². The fourth-order valence-electron chi connectivity index (χ4n) is 4.72. The zero-order valence-corrected chi connectivity index (χ0v) is 27.3. The first-order valence-corrected chi connectivity index (χ1v) is 16.0. The molecule has 0 spiro atoms. The number of benzene rings is 4. The van der Waals surface area contributed by atoms with Crippen molar-refractivity contribution in [1.29, 1.82) is 0 Å². The fourth-order valence-corrected chi connectivity index (χ4v) is 5.34. The Labute approximate surface area is 288 Å². The number of rotatable bonds is 16. The second-order valence-corrected chi connectivity index (χ2v) is 11.7. The molecule has 2 amide bonds. The molecule has 0 aliphatic carbocycles. The largest absolute Gasteiger partial charge is 0.445 e. The van der Waals surface area contributed by atoms with Gasteiger partial charge in [0.05, 0.1) is 12.1 Å². The molecular weight excluding hydrogens is 655 g/mol. The minimum absolute atomic E-state index is 0.0110. The summed E-state index contributed by atoms with van der Waals surface area (Å²) in [6, 6.07) is 32.9. The lowest BCUT2D eigenvalue weighted by atomic mass is 9.94. The number of nitrogens with one attached hydrogen (secondary N) is 2. The molecule has 2 unspecified atom stereocenters. The van der Waals surface area contributed by atoms with Crippen molar-refractivity contribution in [3.05, 3.63) is 144 Å². The number of alkyl carbamates (subject to hydrolysis) is 2. The van der Waals surface area contributed by atoms with E-state index < -0.39 is 52.4 Å². The average Bonchev–Trinajstić information content (AvgIpc) is 3.12. The van der Waals surface area contributed by atoms with E-state index in [1.165, 1.54) is 0 Å². The van der Waals surface area contributed by atoms with E-state index in [9.17, 15) is 24.0 Å². The summed E-state index contributed by atoms with van der Waals surface area (Å²) < 4.78 is 10.6. The lowest BCUT2D eigenvalue weighted by Crippen LogP contribution is -2.52. The van der Waals surface area contributed by atoms with E-state index in [1.54, 1.807) is 109 Å². The smallest absolute Gasteiger partial charge is 0.408 e. The van der Waals surface area contributed by atoms with Gasteiger partial charge >= 0.3 is 12.2 Å². The quantitative estimate of drug-likeness (QED) is 0.109. The Balaban J connectivity index is 1.45. The zero-order valence-electron chi connectivity index (χ0n) is 25.8. The zero-order chi connectivity index (χ0) is 34.3. The number of carbonyl (C=O) groups excluding carboxylic acids is 5. The van der Waals surface area contributed by atoms with Gasteiger partial charge in [-0.3, -0.25) is 14.4 Å². The molecule has 4 aromatic rings. The number of amides is 2. The maximum atomic E-state index is 13.6. The molecule has 0 radical (unpaired) electrons. The molecule has 48 heavy (non-hydrogen) atoms.